The van der Waals surface area contributed by atoms with Gasteiger partial charge in [0, 0.05) is 12.1 Å². The average Bonchev–Trinajstić information content (AvgIpc) is 2.56. The van der Waals surface area contributed by atoms with Gasteiger partial charge in [-0.25, -0.2) is 4.79 Å². The van der Waals surface area contributed by atoms with Crippen LogP contribution in [0.2, 0.25) is 0 Å². The molecule has 1 aromatic rings. The topological polar surface area (TPSA) is 81.9 Å². The van der Waals surface area contributed by atoms with Crippen molar-refractivity contribution in [1.29, 1.82) is 0 Å². The number of benzene rings is 1. The Kier molecular flexibility index (Phi) is 5.84. The largest absolute Gasteiger partial charge is 0.496 e. The van der Waals surface area contributed by atoms with E-state index in [1.165, 1.54) is 0 Å². The van der Waals surface area contributed by atoms with Crippen LogP contribution in [0.3, 0.4) is 0 Å². The summed E-state index contributed by atoms with van der Waals surface area (Å²) in [4.78, 5) is 26.1. The van der Waals surface area contributed by atoms with Crippen LogP contribution in [0.5, 0.6) is 5.75 Å². The van der Waals surface area contributed by atoms with E-state index in [4.69, 9.17) is 15.2 Å². The lowest BCUT2D eigenvalue weighted by atomic mass is 9.84. The molecule has 2 atom stereocenters. The zero-order chi connectivity index (χ0) is 16.8. The number of nitrogens with two attached hydrogens (primary N) is 1. The Hall–Kier alpha value is -2.24. The smallest absolute Gasteiger partial charge is 0.410 e. The SMILES string of the molecule is CCOC(=O)N1CCCC[C@@H]1[C@@H](C(N)=O)c1ccccc1OC. The van der Waals surface area contributed by atoms with Crippen molar-refractivity contribution >= 4 is 12.0 Å². The molecule has 23 heavy (non-hydrogen) atoms. The Morgan fingerprint density at radius 2 is 2.09 bits per heavy atom. The lowest BCUT2D eigenvalue weighted by Crippen LogP contribution is -2.50. The molecule has 6 nitrogen and oxygen atoms in total. The number of methoxy groups -OCH3 is 1. The number of hydrogen-bond acceptors (Lipinski definition) is 4. The van der Waals surface area contributed by atoms with E-state index in [0.717, 1.165) is 12.8 Å². The Morgan fingerprint density at radius 1 is 1.35 bits per heavy atom. The molecule has 0 spiro atoms. The number of likely N-dealkylation sites (tertiary alicyclic amines) is 1. The van der Waals surface area contributed by atoms with Gasteiger partial charge in [-0.15, -0.1) is 0 Å². The van der Waals surface area contributed by atoms with Gasteiger partial charge in [0.2, 0.25) is 5.91 Å². The molecule has 0 saturated carbocycles. The lowest BCUT2D eigenvalue weighted by Gasteiger charge is -2.38. The minimum atomic E-state index is -0.615. The van der Waals surface area contributed by atoms with Crippen LogP contribution in [-0.2, 0) is 9.53 Å². The van der Waals surface area contributed by atoms with E-state index < -0.39 is 17.9 Å². The van der Waals surface area contributed by atoms with Gasteiger partial charge >= 0.3 is 6.09 Å². The fourth-order valence-electron chi connectivity index (χ4n) is 3.21. The lowest BCUT2D eigenvalue weighted by molar-refractivity contribution is -0.121. The van der Waals surface area contributed by atoms with Crippen molar-refractivity contribution in [3.8, 4) is 5.75 Å². The first kappa shape index (κ1) is 17.1. The molecule has 6 heteroatoms. The summed E-state index contributed by atoms with van der Waals surface area (Å²) in [7, 11) is 1.56. The summed E-state index contributed by atoms with van der Waals surface area (Å²) in [5.41, 5.74) is 6.40. The number of nitrogens with zero attached hydrogens (tertiary/aromatic N) is 1. The number of carbonyl (C=O) groups excluding carboxylic acids is 2. The molecular weight excluding hydrogens is 296 g/mol. The number of amides is 2. The van der Waals surface area contributed by atoms with Gasteiger partial charge in [0.15, 0.2) is 0 Å². The molecule has 1 aromatic carbocycles. The maximum absolute atomic E-state index is 12.2. The van der Waals surface area contributed by atoms with Gasteiger partial charge in [0.05, 0.1) is 25.7 Å². The molecule has 2 amide bonds. The highest BCUT2D eigenvalue weighted by atomic mass is 16.6. The molecule has 0 unspecified atom stereocenters. The number of rotatable bonds is 5. The summed E-state index contributed by atoms with van der Waals surface area (Å²) in [5, 5.41) is 0. The molecule has 126 valence electrons. The molecule has 1 aliphatic rings. The van der Waals surface area contributed by atoms with Crippen molar-refractivity contribution in [2.45, 2.75) is 38.1 Å². The van der Waals surface area contributed by atoms with Crippen LogP contribution in [0.25, 0.3) is 0 Å². The van der Waals surface area contributed by atoms with E-state index in [0.29, 0.717) is 30.9 Å². The van der Waals surface area contributed by atoms with Crippen LogP contribution in [0.4, 0.5) is 4.79 Å². The summed E-state index contributed by atoms with van der Waals surface area (Å²) < 4.78 is 10.5. The van der Waals surface area contributed by atoms with Gasteiger partial charge in [-0.1, -0.05) is 18.2 Å². The molecule has 1 aliphatic heterocycles. The first-order chi connectivity index (χ1) is 11.1. The number of piperidine rings is 1. The normalized spacial score (nSPS) is 19.0. The summed E-state index contributed by atoms with van der Waals surface area (Å²) in [5.74, 6) is -0.475. The van der Waals surface area contributed by atoms with E-state index in [1.807, 2.05) is 18.2 Å². The van der Waals surface area contributed by atoms with Crippen molar-refractivity contribution < 1.29 is 19.1 Å². The first-order valence-electron chi connectivity index (χ1n) is 7.95. The molecule has 1 saturated heterocycles. The van der Waals surface area contributed by atoms with Crippen molar-refractivity contribution in [3.63, 3.8) is 0 Å². The second-order valence-electron chi connectivity index (χ2n) is 5.58. The third-order valence-corrected chi connectivity index (χ3v) is 4.22. The zero-order valence-electron chi connectivity index (χ0n) is 13.7. The van der Waals surface area contributed by atoms with Crippen LogP contribution >= 0.6 is 0 Å². The molecule has 1 fully saturated rings. The van der Waals surface area contributed by atoms with Crippen LogP contribution in [0.15, 0.2) is 24.3 Å². The van der Waals surface area contributed by atoms with Gasteiger partial charge in [-0.3, -0.25) is 4.79 Å². The number of ether oxygens (including phenoxy) is 2. The molecule has 0 aromatic heterocycles. The molecular formula is C17H24N2O4. The van der Waals surface area contributed by atoms with Gasteiger partial charge in [-0.05, 0) is 32.3 Å². The molecule has 1 heterocycles. The predicted octanol–water partition coefficient (Wildman–Crippen LogP) is 2.28. The van der Waals surface area contributed by atoms with Gasteiger partial charge in [0.25, 0.3) is 0 Å². The molecule has 2 N–H and O–H groups in total. The van der Waals surface area contributed by atoms with E-state index in [-0.39, 0.29) is 6.04 Å². The van der Waals surface area contributed by atoms with Crippen LogP contribution < -0.4 is 10.5 Å². The zero-order valence-corrected chi connectivity index (χ0v) is 13.7. The number of primary amides is 1. The second-order valence-corrected chi connectivity index (χ2v) is 5.58. The third kappa shape index (κ3) is 3.75. The summed E-state index contributed by atoms with van der Waals surface area (Å²) >= 11 is 0. The predicted molar refractivity (Wildman–Crippen MR) is 86.3 cm³/mol. The minimum absolute atomic E-state index is 0.304. The summed E-state index contributed by atoms with van der Waals surface area (Å²) in [6.45, 7) is 2.64. The third-order valence-electron chi connectivity index (χ3n) is 4.22. The highest BCUT2D eigenvalue weighted by Gasteiger charge is 2.38. The quantitative estimate of drug-likeness (QED) is 0.902. The van der Waals surface area contributed by atoms with Crippen molar-refractivity contribution in [1.82, 2.24) is 4.90 Å². The molecule has 0 aliphatic carbocycles. The minimum Gasteiger partial charge on any atom is -0.496 e. The van der Waals surface area contributed by atoms with Gasteiger partial charge in [0.1, 0.15) is 5.75 Å². The van der Waals surface area contributed by atoms with E-state index in [9.17, 15) is 9.59 Å². The number of carbonyl (C=O) groups is 2. The van der Waals surface area contributed by atoms with Crippen LogP contribution in [0, 0.1) is 0 Å². The fourth-order valence-corrected chi connectivity index (χ4v) is 3.21. The van der Waals surface area contributed by atoms with Crippen molar-refractivity contribution in [2.75, 3.05) is 20.3 Å². The van der Waals surface area contributed by atoms with Crippen LogP contribution in [-0.4, -0.2) is 43.2 Å². The summed E-state index contributed by atoms with van der Waals surface area (Å²) in [6, 6.07) is 6.99. The highest BCUT2D eigenvalue weighted by Crippen LogP contribution is 2.35. The van der Waals surface area contributed by atoms with E-state index >= 15 is 0 Å². The number of hydrogen-bond donors (Lipinski definition) is 1. The second kappa shape index (κ2) is 7.85. The van der Waals surface area contributed by atoms with E-state index in [2.05, 4.69) is 0 Å². The molecule has 0 bridgehead atoms. The maximum atomic E-state index is 12.2. The van der Waals surface area contributed by atoms with Crippen molar-refractivity contribution in [3.05, 3.63) is 29.8 Å². The number of para-hydroxylation sites is 1. The average molecular weight is 320 g/mol. The van der Waals surface area contributed by atoms with Gasteiger partial charge < -0.3 is 20.1 Å². The first-order valence-corrected chi connectivity index (χ1v) is 7.95. The Balaban J connectivity index is 2.38. The van der Waals surface area contributed by atoms with Crippen molar-refractivity contribution in [2.24, 2.45) is 5.73 Å². The van der Waals surface area contributed by atoms with E-state index in [1.54, 1.807) is 25.0 Å². The highest BCUT2D eigenvalue weighted by molar-refractivity contribution is 5.84. The van der Waals surface area contributed by atoms with Crippen LogP contribution in [0.1, 0.15) is 37.7 Å². The van der Waals surface area contributed by atoms with Gasteiger partial charge in [-0.2, -0.15) is 0 Å². The molecule has 2 rings (SSSR count). The summed E-state index contributed by atoms with van der Waals surface area (Å²) in [6.07, 6.45) is 2.16. The molecule has 0 radical (unpaired) electrons. The fraction of sp³-hybridized carbons (Fsp3) is 0.529. The monoisotopic (exact) mass is 320 g/mol. The standard InChI is InChI=1S/C17H24N2O4/c1-3-23-17(21)19-11-7-6-9-13(19)15(16(18)20)12-8-4-5-10-14(12)22-2/h4-5,8,10,13,15H,3,6-7,9,11H2,1-2H3,(H2,18,20)/t13-,15+/m1/s1. The Morgan fingerprint density at radius 3 is 2.74 bits per heavy atom. The Labute approximate surface area is 136 Å². The Bertz CT molecular complexity index is 561. The maximum Gasteiger partial charge on any atom is 0.410 e.